The van der Waals surface area contributed by atoms with Crippen molar-refractivity contribution in [2.75, 3.05) is 31.1 Å². The normalized spacial score (nSPS) is 21.4. The fourth-order valence-corrected chi connectivity index (χ4v) is 3.44. The lowest BCUT2D eigenvalue weighted by Gasteiger charge is -2.40. The summed E-state index contributed by atoms with van der Waals surface area (Å²) in [4.78, 5) is 20.1. The molecule has 0 aromatic carbocycles. The highest BCUT2D eigenvalue weighted by molar-refractivity contribution is 5.87. The molecule has 0 spiro atoms. The second kappa shape index (κ2) is 6.43. The summed E-state index contributed by atoms with van der Waals surface area (Å²) in [5.41, 5.74) is 0.252. The van der Waals surface area contributed by atoms with Crippen LogP contribution in [0.15, 0.2) is 18.3 Å². The topological polar surface area (TPSA) is 56.7 Å². The Morgan fingerprint density at radius 3 is 2.38 bits per heavy atom. The predicted octanol–water partition coefficient (Wildman–Crippen LogP) is 2.23. The van der Waals surface area contributed by atoms with Gasteiger partial charge in [0.05, 0.1) is 5.56 Å². The molecule has 1 aromatic heterocycles. The van der Waals surface area contributed by atoms with E-state index in [9.17, 15) is 4.79 Å². The van der Waals surface area contributed by atoms with Gasteiger partial charge >= 0.3 is 5.97 Å². The average molecular weight is 289 g/mol. The largest absolute Gasteiger partial charge is 0.478 e. The van der Waals surface area contributed by atoms with Crippen LogP contribution >= 0.6 is 0 Å². The van der Waals surface area contributed by atoms with E-state index in [0.717, 1.165) is 24.9 Å². The highest BCUT2D eigenvalue weighted by atomic mass is 16.4. The van der Waals surface area contributed by atoms with E-state index in [1.165, 1.54) is 51.4 Å². The van der Waals surface area contributed by atoms with Gasteiger partial charge in [-0.3, -0.25) is 0 Å². The molecule has 0 aliphatic carbocycles. The molecule has 5 heteroatoms. The van der Waals surface area contributed by atoms with Crippen LogP contribution in [0, 0.1) is 0 Å². The zero-order chi connectivity index (χ0) is 14.7. The summed E-state index contributed by atoms with van der Waals surface area (Å²) in [5.74, 6) is -0.0186. The molecule has 2 fully saturated rings. The smallest absolute Gasteiger partial charge is 0.337 e. The predicted molar refractivity (Wildman–Crippen MR) is 81.9 cm³/mol. The third-order valence-corrected chi connectivity index (χ3v) is 4.69. The van der Waals surface area contributed by atoms with E-state index in [2.05, 4.69) is 14.8 Å². The lowest BCUT2D eigenvalue weighted by Crippen LogP contribution is -2.46. The maximum atomic E-state index is 10.8. The Bertz CT molecular complexity index is 475. The minimum Gasteiger partial charge on any atom is -0.478 e. The van der Waals surface area contributed by atoms with E-state index in [-0.39, 0.29) is 5.56 Å². The van der Waals surface area contributed by atoms with Gasteiger partial charge in [-0.05, 0) is 50.9 Å². The molecular formula is C16H23N3O2. The summed E-state index contributed by atoms with van der Waals surface area (Å²) in [6.07, 6.45) is 7.89. The monoisotopic (exact) mass is 289 g/mol. The molecule has 2 saturated heterocycles. The lowest BCUT2D eigenvalue weighted by molar-refractivity contribution is 0.0696. The van der Waals surface area contributed by atoms with Crippen LogP contribution in [-0.2, 0) is 0 Å². The molecule has 0 amide bonds. The summed E-state index contributed by atoms with van der Waals surface area (Å²) in [7, 11) is 0. The second-order valence-corrected chi connectivity index (χ2v) is 6.03. The number of rotatable bonds is 3. The van der Waals surface area contributed by atoms with Crippen LogP contribution in [-0.4, -0.2) is 53.2 Å². The molecule has 1 N–H and O–H groups in total. The van der Waals surface area contributed by atoms with Crippen LogP contribution < -0.4 is 4.90 Å². The molecule has 0 unspecified atom stereocenters. The number of likely N-dealkylation sites (tertiary alicyclic amines) is 1. The van der Waals surface area contributed by atoms with Crippen molar-refractivity contribution in [3.05, 3.63) is 23.9 Å². The number of hydrogen-bond acceptors (Lipinski definition) is 4. The van der Waals surface area contributed by atoms with Crippen LogP contribution in [0.4, 0.5) is 5.82 Å². The molecule has 5 nitrogen and oxygen atoms in total. The zero-order valence-corrected chi connectivity index (χ0v) is 12.4. The highest BCUT2D eigenvalue weighted by Crippen LogP contribution is 2.23. The molecule has 2 aliphatic heterocycles. The van der Waals surface area contributed by atoms with Crippen molar-refractivity contribution in [3.8, 4) is 0 Å². The Morgan fingerprint density at radius 2 is 1.81 bits per heavy atom. The summed E-state index contributed by atoms with van der Waals surface area (Å²) in [6, 6.07) is 4.19. The molecule has 1 aromatic rings. The first-order chi connectivity index (χ1) is 10.2. The maximum absolute atomic E-state index is 10.8. The standard InChI is InChI=1S/C16H23N3O2/c20-16(21)13-4-5-15(17-12-13)19-10-6-14(7-11-19)18-8-2-1-3-9-18/h4-5,12,14H,1-3,6-11H2,(H,20,21). The number of carbonyl (C=O) groups is 1. The molecule has 0 radical (unpaired) electrons. The van der Waals surface area contributed by atoms with Crippen molar-refractivity contribution in [2.24, 2.45) is 0 Å². The maximum Gasteiger partial charge on any atom is 0.337 e. The second-order valence-electron chi connectivity index (χ2n) is 6.03. The van der Waals surface area contributed by atoms with Crippen molar-refractivity contribution in [1.29, 1.82) is 0 Å². The summed E-state index contributed by atoms with van der Waals surface area (Å²) in [6.45, 7) is 4.55. The van der Waals surface area contributed by atoms with Gasteiger partial charge < -0.3 is 14.9 Å². The molecule has 114 valence electrons. The first kappa shape index (κ1) is 14.3. The van der Waals surface area contributed by atoms with Gasteiger partial charge in [0.15, 0.2) is 0 Å². The van der Waals surface area contributed by atoms with Gasteiger partial charge in [-0.15, -0.1) is 0 Å². The third kappa shape index (κ3) is 3.35. The third-order valence-electron chi connectivity index (χ3n) is 4.69. The van der Waals surface area contributed by atoms with E-state index in [1.54, 1.807) is 6.07 Å². The van der Waals surface area contributed by atoms with Crippen molar-refractivity contribution in [1.82, 2.24) is 9.88 Å². The van der Waals surface area contributed by atoms with Crippen LogP contribution in [0.1, 0.15) is 42.5 Å². The number of pyridine rings is 1. The Balaban J connectivity index is 1.56. The molecule has 3 heterocycles. The van der Waals surface area contributed by atoms with Crippen LogP contribution in [0.3, 0.4) is 0 Å². The summed E-state index contributed by atoms with van der Waals surface area (Å²) >= 11 is 0. The van der Waals surface area contributed by atoms with E-state index < -0.39 is 5.97 Å². The van der Waals surface area contributed by atoms with Gasteiger partial charge in [0.1, 0.15) is 5.82 Å². The Hall–Kier alpha value is -1.62. The van der Waals surface area contributed by atoms with E-state index in [4.69, 9.17) is 5.11 Å². The van der Waals surface area contributed by atoms with Crippen molar-refractivity contribution < 1.29 is 9.90 Å². The number of carboxylic acid groups (broad SMARTS) is 1. The van der Waals surface area contributed by atoms with Crippen molar-refractivity contribution in [3.63, 3.8) is 0 Å². The van der Waals surface area contributed by atoms with Gasteiger partial charge in [-0.2, -0.15) is 0 Å². The van der Waals surface area contributed by atoms with Crippen LogP contribution in [0.25, 0.3) is 0 Å². The number of hydrogen-bond donors (Lipinski definition) is 1. The fourth-order valence-electron chi connectivity index (χ4n) is 3.44. The quantitative estimate of drug-likeness (QED) is 0.925. The average Bonchev–Trinajstić information content (AvgIpc) is 2.56. The fraction of sp³-hybridized carbons (Fsp3) is 0.625. The Labute approximate surface area is 125 Å². The Kier molecular flexibility index (Phi) is 4.39. The number of nitrogens with zero attached hydrogens (tertiary/aromatic N) is 3. The van der Waals surface area contributed by atoms with Gasteiger partial charge in [-0.1, -0.05) is 6.42 Å². The van der Waals surface area contributed by atoms with E-state index in [1.807, 2.05) is 6.07 Å². The molecular weight excluding hydrogens is 266 g/mol. The number of carboxylic acids is 1. The van der Waals surface area contributed by atoms with Crippen molar-refractivity contribution >= 4 is 11.8 Å². The number of aromatic nitrogens is 1. The SMILES string of the molecule is O=C(O)c1ccc(N2CCC(N3CCCCC3)CC2)nc1. The van der Waals surface area contributed by atoms with Gasteiger partial charge in [-0.25, -0.2) is 9.78 Å². The first-order valence-electron chi connectivity index (χ1n) is 7.92. The molecule has 0 bridgehead atoms. The van der Waals surface area contributed by atoms with Crippen molar-refractivity contribution in [2.45, 2.75) is 38.1 Å². The lowest BCUT2D eigenvalue weighted by atomic mass is 10.00. The number of piperidine rings is 2. The van der Waals surface area contributed by atoms with Crippen LogP contribution in [0.2, 0.25) is 0 Å². The van der Waals surface area contributed by atoms with Gasteiger partial charge in [0.2, 0.25) is 0 Å². The summed E-state index contributed by atoms with van der Waals surface area (Å²) < 4.78 is 0. The minimum atomic E-state index is -0.919. The zero-order valence-electron chi connectivity index (χ0n) is 12.4. The highest BCUT2D eigenvalue weighted by Gasteiger charge is 2.26. The molecule has 3 rings (SSSR count). The summed E-state index contributed by atoms with van der Waals surface area (Å²) in [5, 5.41) is 8.91. The Morgan fingerprint density at radius 1 is 1.10 bits per heavy atom. The first-order valence-corrected chi connectivity index (χ1v) is 7.92. The molecule has 0 saturated carbocycles. The number of anilines is 1. The van der Waals surface area contributed by atoms with E-state index >= 15 is 0 Å². The van der Waals surface area contributed by atoms with E-state index in [0.29, 0.717) is 0 Å². The van der Waals surface area contributed by atoms with Gasteiger partial charge in [0, 0.05) is 25.3 Å². The molecule has 21 heavy (non-hydrogen) atoms. The molecule has 2 aliphatic rings. The van der Waals surface area contributed by atoms with Gasteiger partial charge in [0.25, 0.3) is 0 Å². The minimum absolute atomic E-state index is 0.252. The van der Waals surface area contributed by atoms with Crippen LogP contribution in [0.5, 0.6) is 0 Å². The molecule has 0 atom stereocenters. The number of aromatic carboxylic acids is 1.